The molecular weight excluding hydrogens is 359 g/mol. The Morgan fingerprint density at radius 2 is 2.00 bits per heavy atom. The van der Waals surface area contributed by atoms with Gasteiger partial charge >= 0.3 is 0 Å². The summed E-state index contributed by atoms with van der Waals surface area (Å²) in [7, 11) is 0. The monoisotopic (exact) mass is 378 g/mol. The van der Waals surface area contributed by atoms with Crippen molar-refractivity contribution in [3.05, 3.63) is 63.6 Å². The number of nitrogens with one attached hydrogen (secondary N) is 1. The molecule has 0 bridgehead atoms. The molecular formula is C19H20Cl2N2O2. The average molecular weight is 379 g/mol. The number of amides is 1. The summed E-state index contributed by atoms with van der Waals surface area (Å²) >= 11 is 11.8. The summed E-state index contributed by atoms with van der Waals surface area (Å²) in [6.07, 6.45) is 0.875. The van der Waals surface area contributed by atoms with Crippen molar-refractivity contribution in [2.24, 2.45) is 5.10 Å². The molecule has 0 aromatic heterocycles. The van der Waals surface area contributed by atoms with Gasteiger partial charge in [-0.05, 0) is 44.0 Å². The third-order valence-corrected chi connectivity index (χ3v) is 4.01. The van der Waals surface area contributed by atoms with Gasteiger partial charge in [0.1, 0.15) is 5.75 Å². The van der Waals surface area contributed by atoms with E-state index in [0.29, 0.717) is 35.2 Å². The number of carbonyl (C=O) groups excluding carboxylic acids is 1. The first-order valence-electron chi connectivity index (χ1n) is 7.94. The van der Waals surface area contributed by atoms with E-state index in [1.807, 2.05) is 38.1 Å². The lowest BCUT2D eigenvalue weighted by Crippen LogP contribution is -2.19. The first kappa shape index (κ1) is 19.3. The summed E-state index contributed by atoms with van der Waals surface area (Å²) in [6, 6.07) is 13.0. The molecule has 2 aromatic rings. The Labute approximate surface area is 157 Å². The van der Waals surface area contributed by atoms with Gasteiger partial charge in [0.25, 0.3) is 0 Å². The molecule has 0 aliphatic heterocycles. The zero-order valence-electron chi connectivity index (χ0n) is 14.2. The molecule has 6 heteroatoms. The minimum absolute atomic E-state index is 0.155. The van der Waals surface area contributed by atoms with Gasteiger partial charge in [-0.2, -0.15) is 5.10 Å². The predicted molar refractivity (Wildman–Crippen MR) is 103 cm³/mol. The maximum absolute atomic E-state index is 11.9. The molecule has 1 N–H and O–H groups in total. The quantitative estimate of drug-likeness (QED) is 0.418. The van der Waals surface area contributed by atoms with Crippen molar-refractivity contribution in [2.45, 2.75) is 26.7 Å². The van der Waals surface area contributed by atoms with E-state index in [0.717, 1.165) is 16.8 Å². The second kappa shape index (κ2) is 9.44. The molecule has 0 heterocycles. The average Bonchev–Trinajstić information content (AvgIpc) is 2.58. The maximum atomic E-state index is 11.9. The molecule has 0 aliphatic rings. The molecule has 0 radical (unpaired) electrons. The molecule has 0 saturated heterocycles. The zero-order valence-corrected chi connectivity index (χ0v) is 15.7. The first-order valence-corrected chi connectivity index (χ1v) is 8.69. The Morgan fingerprint density at radius 1 is 1.20 bits per heavy atom. The highest BCUT2D eigenvalue weighted by Gasteiger charge is 2.05. The SMILES string of the molecule is CC(=NNC(=O)CCCOc1ccc(Cl)cc1Cl)c1cccc(C)c1. The Morgan fingerprint density at radius 3 is 2.72 bits per heavy atom. The van der Waals surface area contributed by atoms with Crippen LogP contribution in [0.4, 0.5) is 0 Å². The Hall–Kier alpha value is -2.04. The van der Waals surface area contributed by atoms with Crippen LogP contribution in [0.1, 0.15) is 30.9 Å². The van der Waals surface area contributed by atoms with E-state index < -0.39 is 0 Å². The lowest BCUT2D eigenvalue weighted by molar-refractivity contribution is -0.121. The number of ether oxygens (including phenoxy) is 1. The summed E-state index contributed by atoms with van der Waals surface area (Å²) < 4.78 is 5.54. The van der Waals surface area contributed by atoms with Crippen LogP contribution in [0, 0.1) is 6.92 Å². The van der Waals surface area contributed by atoms with Crippen molar-refractivity contribution in [1.29, 1.82) is 0 Å². The molecule has 0 atom stereocenters. The van der Waals surface area contributed by atoms with Crippen LogP contribution in [0.2, 0.25) is 10.0 Å². The normalized spacial score (nSPS) is 11.3. The third-order valence-electron chi connectivity index (χ3n) is 3.48. The van der Waals surface area contributed by atoms with Gasteiger partial charge in [-0.15, -0.1) is 0 Å². The van der Waals surface area contributed by atoms with Crippen LogP contribution < -0.4 is 10.2 Å². The molecule has 25 heavy (non-hydrogen) atoms. The van der Waals surface area contributed by atoms with Crippen LogP contribution in [0.15, 0.2) is 47.6 Å². The number of halogens is 2. The van der Waals surface area contributed by atoms with Gasteiger partial charge in [0.15, 0.2) is 0 Å². The van der Waals surface area contributed by atoms with Crippen LogP contribution in [-0.2, 0) is 4.79 Å². The van der Waals surface area contributed by atoms with Crippen LogP contribution in [0.3, 0.4) is 0 Å². The largest absolute Gasteiger partial charge is 0.492 e. The van der Waals surface area contributed by atoms with Crippen molar-refractivity contribution in [3.8, 4) is 5.75 Å². The molecule has 4 nitrogen and oxygen atoms in total. The third kappa shape index (κ3) is 6.40. The number of hydrogen-bond acceptors (Lipinski definition) is 3. The second-order valence-corrected chi connectivity index (χ2v) is 6.47. The van der Waals surface area contributed by atoms with Gasteiger partial charge in [0, 0.05) is 11.4 Å². The number of carbonyl (C=O) groups is 1. The lowest BCUT2D eigenvalue weighted by atomic mass is 10.1. The molecule has 0 aliphatic carbocycles. The van der Waals surface area contributed by atoms with Gasteiger partial charge in [0.05, 0.1) is 17.3 Å². The minimum Gasteiger partial charge on any atom is -0.492 e. The van der Waals surface area contributed by atoms with Crippen LogP contribution in [0.5, 0.6) is 5.75 Å². The van der Waals surface area contributed by atoms with Gasteiger partial charge in [-0.1, -0.05) is 53.0 Å². The first-order chi connectivity index (χ1) is 12.0. The van der Waals surface area contributed by atoms with E-state index in [2.05, 4.69) is 10.5 Å². The summed E-state index contributed by atoms with van der Waals surface area (Å²) in [5.41, 5.74) is 5.47. The lowest BCUT2D eigenvalue weighted by Gasteiger charge is -2.08. The van der Waals surface area contributed by atoms with Gasteiger partial charge < -0.3 is 4.74 Å². The van der Waals surface area contributed by atoms with Crippen LogP contribution in [-0.4, -0.2) is 18.2 Å². The summed E-state index contributed by atoms with van der Waals surface area (Å²) in [6.45, 7) is 4.26. The summed E-state index contributed by atoms with van der Waals surface area (Å²) in [5.74, 6) is 0.401. The molecule has 1 amide bonds. The highest BCUT2D eigenvalue weighted by molar-refractivity contribution is 6.35. The number of nitrogens with zero attached hydrogens (tertiary/aromatic N) is 1. The Balaban J connectivity index is 1.74. The standard InChI is InChI=1S/C19H20Cl2N2O2/c1-13-5-3-6-15(11-13)14(2)22-23-19(24)7-4-10-25-18-9-8-16(20)12-17(18)21/h3,5-6,8-9,11-12H,4,7,10H2,1-2H3,(H,23,24). The minimum atomic E-state index is -0.155. The van der Waals surface area contributed by atoms with E-state index >= 15 is 0 Å². The fourth-order valence-electron chi connectivity index (χ4n) is 2.14. The number of rotatable bonds is 7. The Kier molecular flexibility index (Phi) is 7.29. The van der Waals surface area contributed by atoms with E-state index in [1.165, 1.54) is 0 Å². The molecule has 0 unspecified atom stereocenters. The van der Waals surface area contributed by atoms with Crippen molar-refractivity contribution >= 4 is 34.8 Å². The van der Waals surface area contributed by atoms with Crippen molar-refractivity contribution in [2.75, 3.05) is 6.61 Å². The van der Waals surface area contributed by atoms with Gasteiger partial charge in [0.2, 0.25) is 5.91 Å². The molecule has 0 spiro atoms. The van der Waals surface area contributed by atoms with Crippen LogP contribution >= 0.6 is 23.2 Å². The van der Waals surface area contributed by atoms with Crippen LogP contribution in [0.25, 0.3) is 0 Å². The summed E-state index contributed by atoms with van der Waals surface area (Å²) in [5, 5.41) is 5.14. The Bertz CT molecular complexity index is 776. The fraction of sp³-hybridized carbons (Fsp3) is 0.263. The number of benzene rings is 2. The number of hydrogen-bond donors (Lipinski definition) is 1. The zero-order chi connectivity index (χ0) is 18.2. The molecule has 0 fully saturated rings. The number of hydrazone groups is 1. The highest BCUT2D eigenvalue weighted by Crippen LogP contribution is 2.27. The van der Waals surface area contributed by atoms with E-state index in [4.69, 9.17) is 27.9 Å². The summed E-state index contributed by atoms with van der Waals surface area (Å²) in [4.78, 5) is 11.9. The van der Waals surface area contributed by atoms with Gasteiger partial charge in [-0.25, -0.2) is 5.43 Å². The van der Waals surface area contributed by atoms with E-state index in [-0.39, 0.29) is 5.91 Å². The van der Waals surface area contributed by atoms with Crippen molar-refractivity contribution in [1.82, 2.24) is 5.43 Å². The number of aryl methyl sites for hydroxylation is 1. The van der Waals surface area contributed by atoms with Crippen molar-refractivity contribution in [3.63, 3.8) is 0 Å². The van der Waals surface area contributed by atoms with E-state index in [1.54, 1.807) is 18.2 Å². The molecule has 132 valence electrons. The second-order valence-electron chi connectivity index (χ2n) is 5.63. The molecule has 2 aromatic carbocycles. The highest BCUT2D eigenvalue weighted by atomic mass is 35.5. The predicted octanol–water partition coefficient (Wildman–Crippen LogP) is 5.00. The van der Waals surface area contributed by atoms with Crippen molar-refractivity contribution < 1.29 is 9.53 Å². The van der Waals surface area contributed by atoms with Gasteiger partial charge in [-0.3, -0.25) is 4.79 Å². The fourth-order valence-corrected chi connectivity index (χ4v) is 2.61. The maximum Gasteiger partial charge on any atom is 0.240 e. The topological polar surface area (TPSA) is 50.7 Å². The molecule has 0 saturated carbocycles. The molecule has 2 rings (SSSR count). The smallest absolute Gasteiger partial charge is 0.240 e. The van der Waals surface area contributed by atoms with E-state index in [9.17, 15) is 4.79 Å².